The van der Waals surface area contributed by atoms with Gasteiger partial charge in [0, 0.05) is 42.0 Å². The van der Waals surface area contributed by atoms with Crippen molar-refractivity contribution in [2.75, 3.05) is 18.5 Å². The van der Waals surface area contributed by atoms with Gasteiger partial charge in [0.25, 0.3) is 0 Å². The summed E-state index contributed by atoms with van der Waals surface area (Å²) >= 11 is 1.59. The second-order valence-corrected chi connectivity index (χ2v) is 10.4. The topological polar surface area (TPSA) is 86.9 Å². The van der Waals surface area contributed by atoms with E-state index in [1.807, 2.05) is 18.2 Å². The summed E-state index contributed by atoms with van der Waals surface area (Å²) in [5.41, 5.74) is 4.18. The molecule has 0 spiro atoms. The molecule has 3 N–H and O–H groups in total. The zero-order valence-corrected chi connectivity index (χ0v) is 18.6. The first-order valence-electron chi connectivity index (χ1n) is 10.4. The lowest BCUT2D eigenvalue weighted by Gasteiger charge is -2.29. The molecule has 0 radical (unpaired) electrons. The van der Waals surface area contributed by atoms with Crippen molar-refractivity contribution in [2.45, 2.75) is 52.5 Å². The summed E-state index contributed by atoms with van der Waals surface area (Å²) in [5, 5.41) is 11.7. The van der Waals surface area contributed by atoms with Crippen LogP contribution in [0.3, 0.4) is 0 Å². The summed E-state index contributed by atoms with van der Waals surface area (Å²) in [6.07, 6.45) is 4.15. The Morgan fingerprint density at radius 2 is 2.10 bits per heavy atom. The minimum atomic E-state index is -0.880. The number of carboxylic acid groups (broad SMARTS) is 1. The lowest BCUT2D eigenvalue weighted by atomic mass is 9.76. The first kappa shape index (κ1) is 21.0. The van der Waals surface area contributed by atoms with Gasteiger partial charge < -0.3 is 10.0 Å². The van der Waals surface area contributed by atoms with E-state index in [1.54, 1.807) is 28.3 Å². The van der Waals surface area contributed by atoms with Gasteiger partial charge >= 0.3 is 5.97 Å². The van der Waals surface area contributed by atoms with Crippen LogP contribution in [0.2, 0.25) is 0 Å². The Bertz CT molecular complexity index is 1010. The van der Waals surface area contributed by atoms with Crippen LogP contribution in [-0.4, -0.2) is 35.6 Å². The smallest absolute Gasteiger partial charge is 0.337 e. The van der Waals surface area contributed by atoms with E-state index in [4.69, 9.17) is 5.84 Å². The Balaban J connectivity index is 1.89. The normalized spacial score (nSPS) is 18.2. The number of hydrogen-bond donors (Lipinski definition) is 2. The van der Waals surface area contributed by atoms with Crippen molar-refractivity contribution in [2.24, 2.45) is 11.3 Å². The highest BCUT2D eigenvalue weighted by Crippen LogP contribution is 2.46. The number of benzene rings is 1. The minimum absolute atomic E-state index is 0.0969. The quantitative estimate of drug-likeness (QED) is 0.555. The molecule has 0 atom stereocenters. The summed E-state index contributed by atoms with van der Waals surface area (Å²) < 4.78 is 0. The molecule has 160 valence electrons. The van der Waals surface area contributed by atoms with Crippen molar-refractivity contribution >= 4 is 28.9 Å². The van der Waals surface area contributed by atoms with Crippen LogP contribution >= 0.6 is 11.3 Å². The molecule has 2 aliphatic rings. The van der Waals surface area contributed by atoms with Crippen LogP contribution in [0.4, 0.5) is 5.69 Å². The van der Waals surface area contributed by atoms with Crippen molar-refractivity contribution < 1.29 is 14.7 Å². The number of amides is 1. The third kappa shape index (κ3) is 3.89. The number of aryl methyl sites for hydroxylation is 1. The van der Waals surface area contributed by atoms with Crippen molar-refractivity contribution in [3.63, 3.8) is 0 Å². The van der Waals surface area contributed by atoms with E-state index >= 15 is 0 Å². The van der Waals surface area contributed by atoms with Crippen LogP contribution in [0.1, 0.15) is 59.5 Å². The molecule has 0 bridgehead atoms. The van der Waals surface area contributed by atoms with Crippen molar-refractivity contribution in [3.05, 3.63) is 39.8 Å². The fourth-order valence-electron chi connectivity index (χ4n) is 4.61. The first-order chi connectivity index (χ1) is 14.2. The van der Waals surface area contributed by atoms with Crippen molar-refractivity contribution in [1.29, 1.82) is 0 Å². The molecule has 1 aromatic carbocycles. The van der Waals surface area contributed by atoms with E-state index in [2.05, 4.69) is 13.8 Å². The van der Waals surface area contributed by atoms with Gasteiger partial charge in [0.1, 0.15) is 0 Å². The average molecular weight is 428 g/mol. The van der Waals surface area contributed by atoms with Gasteiger partial charge in [-0.3, -0.25) is 10.6 Å². The van der Waals surface area contributed by atoms with Gasteiger partial charge in [-0.2, -0.15) is 0 Å². The fourth-order valence-corrected chi connectivity index (χ4v) is 5.97. The highest BCUT2D eigenvalue weighted by Gasteiger charge is 2.34. The molecule has 2 aromatic rings. The third-order valence-electron chi connectivity index (χ3n) is 6.13. The number of hydrogen-bond acceptors (Lipinski definition) is 5. The van der Waals surface area contributed by atoms with Gasteiger partial charge in [0.15, 0.2) is 0 Å². The number of aromatic carboxylic acids is 1. The molecule has 30 heavy (non-hydrogen) atoms. The SMILES string of the molecule is CN(N)Cc1ccc(N2CCCC2=O)cc1-c1sc2c(c1C(=O)O)CC(C)(C)CC2. The van der Waals surface area contributed by atoms with E-state index in [-0.39, 0.29) is 11.3 Å². The zero-order chi connectivity index (χ0) is 21.6. The Morgan fingerprint density at radius 3 is 2.73 bits per heavy atom. The number of anilines is 1. The summed E-state index contributed by atoms with van der Waals surface area (Å²) in [5.74, 6) is 5.18. The number of carbonyl (C=O) groups is 2. The minimum Gasteiger partial charge on any atom is -0.478 e. The predicted octanol–water partition coefficient (Wildman–Crippen LogP) is 4.06. The Kier molecular flexibility index (Phi) is 5.46. The molecule has 4 rings (SSSR count). The van der Waals surface area contributed by atoms with Gasteiger partial charge in [-0.05, 0) is 59.9 Å². The van der Waals surface area contributed by atoms with Gasteiger partial charge in [-0.15, -0.1) is 11.3 Å². The summed E-state index contributed by atoms with van der Waals surface area (Å²) in [6.45, 7) is 5.60. The van der Waals surface area contributed by atoms with E-state index in [9.17, 15) is 14.7 Å². The Morgan fingerprint density at radius 1 is 1.33 bits per heavy atom. The van der Waals surface area contributed by atoms with Gasteiger partial charge in [-0.25, -0.2) is 9.80 Å². The number of hydrazine groups is 1. The number of nitrogens with zero attached hydrogens (tertiary/aromatic N) is 2. The molecule has 1 saturated heterocycles. The third-order valence-corrected chi connectivity index (χ3v) is 7.46. The van der Waals surface area contributed by atoms with Crippen LogP contribution in [0.15, 0.2) is 18.2 Å². The molecule has 1 aliphatic carbocycles. The van der Waals surface area contributed by atoms with E-state index in [0.717, 1.165) is 52.9 Å². The summed E-state index contributed by atoms with van der Waals surface area (Å²) in [4.78, 5) is 28.4. The van der Waals surface area contributed by atoms with Crippen molar-refractivity contribution in [3.8, 4) is 10.4 Å². The van der Waals surface area contributed by atoms with E-state index in [0.29, 0.717) is 25.1 Å². The molecule has 0 saturated carbocycles. The van der Waals surface area contributed by atoms with Crippen LogP contribution < -0.4 is 10.7 Å². The predicted molar refractivity (Wildman–Crippen MR) is 120 cm³/mol. The number of rotatable bonds is 5. The van der Waals surface area contributed by atoms with E-state index in [1.165, 1.54) is 4.88 Å². The van der Waals surface area contributed by atoms with Gasteiger partial charge in [0.2, 0.25) is 5.91 Å². The monoisotopic (exact) mass is 427 g/mol. The van der Waals surface area contributed by atoms with E-state index < -0.39 is 5.97 Å². The molecule has 1 amide bonds. The maximum Gasteiger partial charge on any atom is 0.337 e. The standard InChI is InChI=1S/C23H29N3O3S/c1-23(2)9-8-18-17(12-23)20(22(28)29)21(30-18)16-11-15(26-10-4-5-19(26)27)7-6-14(16)13-25(3)24/h6-7,11H,4-5,8-10,12-13,24H2,1-3H3,(H,28,29). The van der Waals surface area contributed by atoms with Gasteiger partial charge in [0.05, 0.1) is 5.56 Å². The number of nitrogens with two attached hydrogens (primary N) is 1. The molecule has 1 fully saturated rings. The molecular weight excluding hydrogens is 398 g/mol. The second-order valence-electron chi connectivity index (χ2n) is 9.26. The number of carboxylic acids is 1. The number of fused-ring (bicyclic) bond motifs is 1. The second kappa shape index (κ2) is 7.80. The zero-order valence-electron chi connectivity index (χ0n) is 17.8. The Hall–Kier alpha value is -2.22. The highest BCUT2D eigenvalue weighted by molar-refractivity contribution is 7.16. The van der Waals surface area contributed by atoms with Crippen LogP contribution in [0.5, 0.6) is 0 Å². The lowest BCUT2D eigenvalue weighted by molar-refractivity contribution is -0.117. The first-order valence-corrected chi connectivity index (χ1v) is 11.3. The fraction of sp³-hybridized carbons (Fsp3) is 0.478. The number of carbonyl (C=O) groups excluding carboxylic acids is 1. The molecular formula is C23H29N3O3S. The highest BCUT2D eigenvalue weighted by atomic mass is 32.1. The average Bonchev–Trinajstić information content (AvgIpc) is 3.24. The maximum atomic E-state index is 12.4. The maximum absolute atomic E-state index is 12.4. The summed E-state index contributed by atoms with van der Waals surface area (Å²) in [6, 6.07) is 5.91. The largest absolute Gasteiger partial charge is 0.478 e. The lowest BCUT2D eigenvalue weighted by Crippen LogP contribution is -2.26. The van der Waals surface area contributed by atoms with Crippen molar-refractivity contribution in [1.82, 2.24) is 5.01 Å². The molecule has 1 aliphatic heterocycles. The van der Waals surface area contributed by atoms with Crippen LogP contribution in [-0.2, 0) is 24.2 Å². The number of thiophene rings is 1. The Labute approximate surface area is 181 Å². The molecule has 0 unspecified atom stereocenters. The van der Waals surface area contributed by atoms with Crippen LogP contribution in [0, 0.1) is 5.41 Å². The van der Waals surface area contributed by atoms with Gasteiger partial charge in [-0.1, -0.05) is 19.9 Å². The molecule has 7 heteroatoms. The van der Waals surface area contributed by atoms with Crippen LogP contribution in [0.25, 0.3) is 10.4 Å². The molecule has 1 aromatic heterocycles. The summed E-state index contributed by atoms with van der Waals surface area (Å²) in [7, 11) is 1.79. The molecule has 6 nitrogen and oxygen atoms in total. The molecule has 2 heterocycles.